The molecule has 1 aliphatic heterocycles. The van der Waals surface area contributed by atoms with E-state index in [9.17, 15) is 14.4 Å². The predicted molar refractivity (Wildman–Crippen MR) is 95.6 cm³/mol. The predicted octanol–water partition coefficient (Wildman–Crippen LogP) is 2.98. The maximum atomic E-state index is 12.7. The summed E-state index contributed by atoms with van der Waals surface area (Å²) in [7, 11) is 0. The molecule has 1 heterocycles. The van der Waals surface area contributed by atoms with Gasteiger partial charge in [0.1, 0.15) is 11.5 Å². The summed E-state index contributed by atoms with van der Waals surface area (Å²) in [5.74, 6) is -0.559. The highest BCUT2D eigenvalue weighted by Crippen LogP contribution is 2.29. The molecule has 0 radical (unpaired) electrons. The van der Waals surface area contributed by atoms with Crippen LogP contribution in [0.5, 0.6) is 11.5 Å². The molecule has 0 aromatic heterocycles. The van der Waals surface area contributed by atoms with Crippen molar-refractivity contribution in [1.82, 2.24) is 0 Å². The van der Waals surface area contributed by atoms with Gasteiger partial charge in [-0.1, -0.05) is 0 Å². The summed E-state index contributed by atoms with van der Waals surface area (Å²) in [5.41, 5.74) is 0.621. The van der Waals surface area contributed by atoms with Gasteiger partial charge in [0, 0.05) is 0 Å². The van der Waals surface area contributed by atoms with Crippen molar-refractivity contribution in [3.8, 4) is 11.5 Å². The normalized spacial score (nSPS) is 14.2. The van der Waals surface area contributed by atoms with Crippen molar-refractivity contribution in [2.75, 3.05) is 23.0 Å². The smallest absolute Gasteiger partial charge is 0.343 e. The molecular formula is C19H18N2O5. The molecular weight excluding hydrogens is 336 g/mol. The Hall–Kier alpha value is -3.35. The average Bonchev–Trinajstić information content (AvgIpc) is 2.87. The van der Waals surface area contributed by atoms with Gasteiger partial charge in [-0.3, -0.25) is 9.59 Å². The van der Waals surface area contributed by atoms with E-state index in [4.69, 9.17) is 9.47 Å². The Kier molecular flexibility index (Phi) is 4.88. The van der Waals surface area contributed by atoms with Crippen molar-refractivity contribution in [3.05, 3.63) is 48.5 Å². The van der Waals surface area contributed by atoms with E-state index in [2.05, 4.69) is 0 Å². The lowest BCUT2D eigenvalue weighted by atomic mass is 10.3. The summed E-state index contributed by atoms with van der Waals surface area (Å²) in [6.45, 7) is 4.72. The van der Waals surface area contributed by atoms with Crippen LogP contribution in [0.3, 0.4) is 0 Å². The summed E-state index contributed by atoms with van der Waals surface area (Å²) in [4.78, 5) is 39.1. The molecule has 1 aliphatic rings. The first-order valence-electron chi connectivity index (χ1n) is 8.25. The van der Waals surface area contributed by atoms with Crippen molar-refractivity contribution in [2.24, 2.45) is 0 Å². The van der Waals surface area contributed by atoms with E-state index in [-0.39, 0.29) is 0 Å². The molecule has 2 aromatic carbocycles. The largest absolute Gasteiger partial charge is 0.494 e. The second-order valence-corrected chi connectivity index (χ2v) is 5.42. The van der Waals surface area contributed by atoms with Crippen LogP contribution in [0.1, 0.15) is 13.8 Å². The van der Waals surface area contributed by atoms with Crippen molar-refractivity contribution in [3.63, 3.8) is 0 Å². The van der Waals surface area contributed by atoms with E-state index < -0.39 is 17.8 Å². The number of anilines is 2. The molecule has 1 fully saturated rings. The summed E-state index contributed by atoms with van der Waals surface area (Å²) >= 11 is 0. The highest BCUT2D eigenvalue weighted by molar-refractivity contribution is 6.60. The van der Waals surface area contributed by atoms with Crippen LogP contribution in [0.4, 0.5) is 16.2 Å². The van der Waals surface area contributed by atoms with Gasteiger partial charge in [0.2, 0.25) is 0 Å². The molecule has 134 valence electrons. The maximum Gasteiger partial charge on any atom is 0.343 e. The van der Waals surface area contributed by atoms with Crippen LogP contribution in [0, 0.1) is 0 Å². The van der Waals surface area contributed by atoms with E-state index in [1.54, 1.807) is 48.5 Å². The van der Waals surface area contributed by atoms with E-state index in [1.165, 1.54) is 0 Å². The third-order valence-corrected chi connectivity index (χ3v) is 3.78. The molecule has 7 nitrogen and oxygen atoms in total. The highest BCUT2D eigenvalue weighted by atomic mass is 16.5. The second kappa shape index (κ2) is 7.26. The molecule has 0 N–H and O–H groups in total. The van der Waals surface area contributed by atoms with Crippen LogP contribution in [0.15, 0.2) is 48.5 Å². The fraction of sp³-hybridized carbons (Fsp3) is 0.211. The molecule has 0 aliphatic carbocycles. The van der Waals surface area contributed by atoms with Gasteiger partial charge in [-0.15, -0.1) is 0 Å². The van der Waals surface area contributed by atoms with Crippen LogP contribution in [-0.2, 0) is 9.59 Å². The standard InChI is InChI=1S/C19H18N2O5/c1-3-25-15-9-5-13(6-10-15)20-17(22)18(23)21(19(20)24)14-7-11-16(12-8-14)26-4-2/h5-12H,3-4H2,1-2H3. The molecule has 7 heteroatoms. The summed E-state index contributed by atoms with van der Waals surface area (Å²) in [6, 6.07) is 12.1. The van der Waals surface area contributed by atoms with E-state index in [0.29, 0.717) is 36.1 Å². The van der Waals surface area contributed by atoms with Crippen LogP contribution < -0.4 is 19.3 Å². The van der Waals surface area contributed by atoms with Crippen LogP contribution in [0.2, 0.25) is 0 Å². The Labute approximate surface area is 150 Å². The van der Waals surface area contributed by atoms with E-state index in [0.717, 1.165) is 9.80 Å². The number of hydrogen-bond acceptors (Lipinski definition) is 5. The maximum absolute atomic E-state index is 12.7. The first-order valence-corrected chi connectivity index (χ1v) is 8.25. The number of imide groups is 2. The first-order chi connectivity index (χ1) is 12.6. The first kappa shape index (κ1) is 17.5. The zero-order chi connectivity index (χ0) is 18.7. The lowest BCUT2D eigenvalue weighted by Crippen LogP contribution is -2.33. The molecule has 0 atom stereocenters. The molecule has 4 amide bonds. The highest BCUT2D eigenvalue weighted by Gasteiger charge is 2.46. The van der Waals surface area contributed by atoms with Gasteiger partial charge in [-0.25, -0.2) is 14.6 Å². The number of ether oxygens (including phenoxy) is 2. The minimum absolute atomic E-state index is 0.310. The van der Waals surface area contributed by atoms with Crippen LogP contribution in [-0.4, -0.2) is 31.1 Å². The van der Waals surface area contributed by atoms with Crippen molar-refractivity contribution < 1.29 is 23.9 Å². The fourth-order valence-electron chi connectivity index (χ4n) is 2.64. The molecule has 1 saturated heterocycles. The lowest BCUT2D eigenvalue weighted by Gasteiger charge is -2.16. The number of benzene rings is 2. The average molecular weight is 354 g/mol. The summed E-state index contributed by atoms with van der Waals surface area (Å²) in [6.07, 6.45) is 0. The Morgan fingerprint density at radius 1 is 0.654 bits per heavy atom. The van der Waals surface area contributed by atoms with E-state index in [1.807, 2.05) is 13.8 Å². The minimum Gasteiger partial charge on any atom is -0.494 e. The zero-order valence-corrected chi connectivity index (χ0v) is 14.5. The monoisotopic (exact) mass is 354 g/mol. The van der Waals surface area contributed by atoms with Crippen LogP contribution in [0.25, 0.3) is 0 Å². The van der Waals surface area contributed by atoms with Gasteiger partial charge in [0.15, 0.2) is 0 Å². The molecule has 26 heavy (non-hydrogen) atoms. The third kappa shape index (κ3) is 3.11. The lowest BCUT2D eigenvalue weighted by molar-refractivity contribution is -0.133. The molecule has 0 unspecified atom stereocenters. The summed E-state index contributed by atoms with van der Waals surface area (Å²) < 4.78 is 10.7. The van der Waals surface area contributed by atoms with Crippen molar-refractivity contribution in [2.45, 2.75) is 13.8 Å². The molecule has 0 bridgehead atoms. The Balaban J connectivity index is 1.87. The Bertz CT molecular complexity index is 761. The van der Waals surface area contributed by atoms with E-state index >= 15 is 0 Å². The third-order valence-electron chi connectivity index (χ3n) is 3.78. The van der Waals surface area contributed by atoms with Gasteiger partial charge in [-0.2, -0.15) is 0 Å². The fourth-order valence-corrected chi connectivity index (χ4v) is 2.64. The Morgan fingerprint density at radius 2 is 1.00 bits per heavy atom. The van der Waals surface area contributed by atoms with Crippen molar-refractivity contribution >= 4 is 29.2 Å². The minimum atomic E-state index is -0.895. The molecule has 0 saturated carbocycles. The molecule has 3 rings (SSSR count). The number of rotatable bonds is 6. The number of carbonyl (C=O) groups excluding carboxylic acids is 3. The molecule has 2 aromatic rings. The number of hydrogen-bond donors (Lipinski definition) is 0. The topological polar surface area (TPSA) is 76.2 Å². The molecule has 0 spiro atoms. The summed E-state index contributed by atoms with van der Waals surface area (Å²) in [5, 5.41) is 0. The number of amides is 4. The van der Waals surface area contributed by atoms with Gasteiger partial charge in [0.05, 0.1) is 24.6 Å². The van der Waals surface area contributed by atoms with Crippen LogP contribution >= 0.6 is 0 Å². The van der Waals surface area contributed by atoms with Gasteiger partial charge >= 0.3 is 17.8 Å². The SMILES string of the molecule is CCOc1ccc(N2C(=O)C(=O)N(c3ccc(OCC)cc3)C2=O)cc1. The van der Waals surface area contributed by atoms with Gasteiger partial charge in [0.25, 0.3) is 0 Å². The quantitative estimate of drug-likeness (QED) is 0.589. The number of carbonyl (C=O) groups is 3. The van der Waals surface area contributed by atoms with Gasteiger partial charge < -0.3 is 9.47 Å². The van der Waals surface area contributed by atoms with Crippen molar-refractivity contribution in [1.29, 1.82) is 0 Å². The van der Waals surface area contributed by atoms with Gasteiger partial charge in [-0.05, 0) is 62.4 Å². The zero-order valence-electron chi connectivity index (χ0n) is 14.5. The number of nitrogens with zero attached hydrogens (tertiary/aromatic N) is 2. The number of urea groups is 1. The Morgan fingerprint density at radius 3 is 1.31 bits per heavy atom. The second-order valence-electron chi connectivity index (χ2n) is 5.42.